The van der Waals surface area contributed by atoms with Gasteiger partial charge in [0, 0.05) is 4.88 Å². The van der Waals surface area contributed by atoms with Crippen LogP contribution in [-0.2, 0) is 12.8 Å². The molecule has 1 aromatic heterocycles. The fourth-order valence-corrected chi connectivity index (χ4v) is 2.31. The Hall–Kier alpha value is -1.08. The van der Waals surface area contributed by atoms with Gasteiger partial charge >= 0.3 is 0 Å². The van der Waals surface area contributed by atoms with Crippen LogP contribution >= 0.6 is 11.3 Å². The maximum atomic E-state index is 2.23. The highest BCUT2D eigenvalue weighted by molar-refractivity contribution is 7.09. The molecule has 0 aliphatic heterocycles. The van der Waals surface area contributed by atoms with Gasteiger partial charge in [0.1, 0.15) is 0 Å². The molecule has 1 aromatic carbocycles. The second-order valence-electron chi connectivity index (χ2n) is 3.51. The van der Waals surface area contributed by atoms with Gasteiger partial charge in [-0.1, -0.05) is 30.3 Å². The van der Waals surface area contributed by atoms with Crippen molar-refractivity contribution in [3.05, 3.63) is 57.8 Å². The summed E-state index contributed by atoms with van der Waals surface area (Å²) in [5.74, 6) is 0. The summed E-state index contributed by atoms with van der Waals surface area (Å²) < 4.78 is 0. The lowest BCUT2D eigenvalue weighted by Gasteiger charge is -2.03. The van der Waals surface area contributed by atoms with Crippen molar-refractivity contribution in [1.29, 1.82) is 0 Å². The summed E-state index contributed by atoms with van der Waals surface area (Å²) in [5.41, 5.74) is 2.88. The van der Waals surface area contributed by atoms with Crippen molar-refractivity contribution >= 4 is 11.3 Å². The van der Waals surface area contributed by atoms with Crippen LogP contribution in [0.4, 0.5) is 0 Å². The number of hydrogen-bond donors (Lipinski definition) is 0. The van der Waals surface area contributed by atoms with Gasteiger partial charge < -0.3 is 0 Å². The van der Waals surface area contributed by atoms with Crippen molar-refractivity contribution < 1.29 is 0 Å². The summed E-state index contributed by atoms with van der Waals surface area (Å²) in [6.45, 7) is 2.18. The van der Waals surface area contributed by atoms with E-state index in [1.165, 1.54) is 22.4 Å². The van der Waals surface area contributed by atoms with E-state index in [2.05, 4.69) is 48.7 Å². The Bertz CT molecular complexity index is 387. The summed E-state index contributed by atoms with van der Waals surface area (Å²) in [5, 5.41) is 2.15. The van der Waals surface area contributed by atoms with E-state index in [1.807, 2.05) is 11.3 Å². The van der Waals surface area contributed by atoms with Crippen LogP contribution in [0.1, 0.15) is 16.0 Å². The van der Waals surface area contributed by atoms with E-state index in [0.717, 1.165) is 6.42 Å². The van der Waals surface area contributed by atoms with Crippen molar-refractivity contribution in [3.8, 4) is 0 Å². The lowest BCUT2D eigenvalue weighted by atomic mass is 10.0. The van der Waals surface area contributed by atoms with Gasteiger partial charge in [-0.2, -0.15) is 0 Å². The molecule has 0 amide bonds. The molecule has 14 heavy (non-hydrogen) atoms. The van der Waals surface area contributed by atoms with E-state index in [9.17, 15) is 0 Å². The van der Waals surface area contributed by atoms with Crippen LogP contribution in [0.25, 0.3) is 0 Å². The molecule has 0 aliphatic rings. The maximum Gasteiger partial charge on any atom is 0.00485 e. The van der Waals surface area contributed by atoms with Crippen molar-refractivity contribution in [3.63, 3.8) is 0 Å². The van der Waals surface area contributed by atoms with Crippen molar-refractivity contribution in [1.82, 2.24) is 0 Å². The van der Waals surface area contributed by atoms with E-state index < -0.39 is 0 Å². The Labute approximate surface area is 89.2 Å². The molecule has 72 valence electrons. The summed E-state index contributed by atoms with van der Waals surface area (Å²) in [6.07, 6.45) is 2.33. The Balaban J connectivity index is 2.02. The van der Waals surface area contributed by atoms with Crippen molar-refractivity contribution in [2.45, 2.75) is 19.8 Å². The van der Waals surface area contributed by atoms with Gasteiger partial charge in [-0.15, -0.1) is 11.3 Å². The average Bonchev–Trinajstić information content (AvgIpc) is 2.69. The first-order valence-electron chi connectivity index (χ1n) is 4.93. The predicted octanol–water partition coefficient (Wildman–Crippen LogP) is 3.84. The first kappa shape index (κ1) is 9.47. The third-order valence-electron chi connectivity index (χ3n) is 2.48. The lowest BCUT2D eigenvalue weighted by Crippen LogP contribution is -1.91. The molecule has 0 radical (unpaired) electrons. The monoisotopic (exact) mass is 202 g/mol. The number of aryl methyl sites for hydroxylation is 3. The molecular formula is C13H14S. The smallest absolute Gasteiger partial charge is 0.00485 e. The highest BCUT2D eigenvalue weighted by Gasteiger charge is 1.98. The first-order chi connectivity index (χ1) is 6.86. The van der Waals surface area contributed by atoms with Crippen LogP contribution in [0.3, 0.4) is 0 Å². The zero-order valence-electron chi connectivity index (χ0n) is 8.36. The van der Waals surface area contributed by atoms with E-state index in [4.69, 9.17) is 0 Å². The molecule has 2 aromatic rings. The molecule has 0 nitrogen and oxygen atoms in total. The Kier molecular flexibility index (Phi) is 3.00. The fourth-order valence-electron chi connectivity index (χ4n) is 1.60. The molecule has 1 heteroatoms. The summed E-state index contributed by atoms with van der Waals surface area (Å²) in [4.78, 5) is 1.48. The van der Waals surface area contributed by atoms with Crippen LogP contribution < -0.4 is 0 Å². The fraction of sp³-hybridized carbons (Fsp3) is 0.231. The van der Waals surface area contributed by atoms with Crippen LogP contribution in [0, 0.1) is 6.92 Å². The first-order valence-corrected chi connectivity index (χ1v) is 5.81. The number of benzene rings is 1. The lowest BCUT2D eigenvalue weighted by molar-refractivity contribution is 0.968. The van der Waals surface area contributed by atoms with Gasteiger partial charge in [-0.3, -0.25) is 0 Å². The van der Waals surface area contributed by atoms with E-state index in [-0.39, 0.29) is 0 Å². The molecule has 1 heterocycles. The third kappa shape index (κ3) is 2.24. The second kappa shape index (κ2) is 4.43. The Morgan fingerprint density at radius 2 is 1.86 bits per heavy atom. The molecule has 0 fully saturated rings. The summed E-state index contributed by atoms with van der Waals surface area (Å²) in [7, 11) is 0. The quantitative estimate of drug-likeness (QED) is 0.709. The Morgan fingerprint density at radius 3 is 2.57 bits per heavy atom. The van der Waals surface area contributed by atoms with Gasteiger partial charge in [0.15, 0.2) is 0 Å². The molecule has 0 N–H and O–H groups in total. The molecule has 0 atom stereocenters. The van der Waals surface area contributed by atoms with Crippen LogP contribution in [-0.4, -0.2) is 0 Å². The molecule has 2 rings (SSSR count). The largest absolute Gasteiger partial charge is 0.149 e. The summed E-state index contributed by atoms with van der Waals surface area (Å²) >= 11 is 1.85. The predicted molar refractivity (Wildman–Crippen MR) is 62.9 cm³/mol. The Morgan fingerprint density at radius 1 is 1.00 bits per heavy atom. The van der Waals surface area contributed by atoms with Gasteiger partial charge in [0.05, 0.1) is 0 Å². The van der Waals surface area contributed by atoms with Gasteiger partial charge in [-0.05, 0) is 42.3 Å². The molecule has 0 aliphatic carbocycles. The number of hydrogen-bond acceptors (Lipinski definition) is 1. The minimum Gasteiger partial charge on any atom is -0.149 e. The van der Waals surface area contributed by atoms with Crippen molar-refractivity contribution in [2.75, 3.05) is 0 Å². The minimum absolute atomic E-state index is 1.16. The number of thiophene rings is 1. The molecule has 0 bridgehead atoms. The average molecular weight is 202 g/mol. The molecule has 0 saturated heterocycles. The van der Waals surface area contributed by atoms with Crippen LogP contribution in [0.15, 0.2) is 41.8 Å². The molecule has 0 unspecified atom stereocenters. The van der Waals surface area contributed by atoms with Crippen molar-refractivity contribution in [2.24, 2.45) is 0 Å². The van der Waals surface area contributed by atoms with Gasteiger partial charge in [-0.25, -0.2) is 0 Å². The van der Waals surface area contributed by atoms with Gasteiger partial charge in [0.25, 0.3) is 0 Å². The van der Waals surface area contributed by atoms with E-state index in [1.54, 1.807) is 0 Å². The zero-order valence-corrected chi connectivity index (χ0v) is 9.18. The second-order valence-corrected chi connectivity index (χ2v) is 4.54. The highest BCUT2D eigenvalue weighted by atomic mass is 32.1. The third-order valence-corrected chi connectivity index (χ3v) is 3.42. The van der Waals surface area contributed by atoms with Crippen LogP contribution in [0.5, 0.6) is 0 Å². The maximum absolute atomic E-state index is 2.23. The topological polar surface area (TPSA) is 0 Å². The number of rotatable bonds is 3. The highest BCUT2D eigenvalue weighted by Crippen LogP contribution is 2.14. The minimum atomic E-state index is 1.16. The van der Waals surface area contributed by atoms with E-state index in [0.29, 0.717) is 0 Å². The normalized spacial score (nSPS) is 10.4. The van der Waals surface area contributed by atoms with E-state index >= 15 is 0 Å². The van der Waals surface area contributed by atoms with Crippen LogP contribution in [0.2, 0.25) is 0 Å². The SMILES string of the molecule is Cc1ccccc1CCc1cccs1. The summed E-state index contributed by atoms with van der Waals surface area (Å²) in [6, 6.07) is 13.0. The standard InChI is InChI=1S/C13H14S/c1-11-5-2-3-6-12(11)8-9-13-7-4-10-14-13/h2-7,10H,8-9H2,1H3. The molecular weight excluding hydrogens is 188 g/mol. The zero-order chi connectivity index (χ0) is 9.80. The van der Waals surface area contributed by atoms with Gasteiger partial charge in [0.2, 0.25) is 0 Å². The molecule has 0 saturated carbocycles. The molecule has 0 spiro atoms.